The van der Waals surface area contributed by atoms with Crippen molar-refractivity contribution in [2.24, 2.45) is 0 Å². The van der Waals surface area contributed by atoms with Gasteiger partial charge in [0.05, 0.1) is 21.1 Å². The molecule has 0 heterocycles. The standard InChI is InChI=1S/C7H15NO3.BrH/c1-8(2,3)5-6(9)4-7(10)11;/h6,9H,4-5H2,1-3H3;1H/t6-;/m1./s1. The monoisotopic (exact) mass is 241 g/mol. The Morgan fingerprint density at radius 3 is 2.17 bits per heavy atom. The Morgan fingerprint density at radius 2 is 1.92 bits per heavy atom. The fourth-order valence-corrected chi connectivity index (χ4v) is 0.889. The molecule has 0 rings (SSSR count). The van der Waals surface area contributed by atoms with Gasteiger partial charge in [-0.1, -0.05) is 0 Å². The second-order valence-corrected chi connectivity index (χ2v) is 3.70. The third-order valence-electron chi connectivity index (χ3n) is 1.16. The smallest absolute Gasteiger partial charge is 0.108 e. The summed E-state index contributed by atoms with van der Waals surface area (Å²) in [5, 5.41) is 19.1. The largest absolute Gasteiger partial charge is 0.550 e. The molecule has 0 aromatic carbocycles. The number of nitrogens with zero attached hydrogens (tertiary/aromatic N) is 1. The first-order valence-electron chi connectivity index (χ1n) is 3.49. The number of aliphatic carboxylic acids is 1. The third kappa shape index (κ3) is 9.87. The van der Waals surface area contributed by atoms with Gasteiger partial charge in [-0.15, -0.1) is 17.0 Å². The number of rotatable bonds is 4. The number of quaternary nitrogens is 1. The van der Waals surface area contributed by atoms with Crippen molar-refractivity contribution in [3.63, 3.8) is 0 Å². The Morgan fingerprint density at radius 1 is 1.50 bits per heavy atom. The maximum atomic E-state index is 10.0. The highest BCUT2D eigenvalue weighted by atomic mass is 79.9. The van der Waals surface area contributed by atoms with Crippen molar-refractivity contribution in [2.45, 2.75) is 12.5 Å². The Hall–Kier alpha value is -0.130. The van der Waals surface area contributed by atoms with Crippen LogP contribution in [0.4, 0.5) is 0 Å². The summed E-state index contributed by atoms with van der Waals surface area (Å²) in [5.74, 6) is -1.20. The molecule has 0 bridgehead atoms. The summed E-state index contributed by atoms with van der Waals surface area (Å²) in [7, 11) is 5.66. The normalized spacial score (nSPS) is 13.3. The summed E-state index contributed by atoms with van der Waals surface area (Å²) in [6, 6.07) is 0. The van der Waals surface area contributed by atoms with Crippen molar-refractivity contribution in [1.29, 1.82) is 0 Å². The molecule has 74 valence electrons. The predicted molar refractivity (Wildman–Crippen MR) is 48.9 cm³/mol. The Labute approximate surface area is 83.2 Å². The number of carbonyl (C=O) groups excluding carboxylic acids is 1. The molecular weight excluding hydrogens is 226 g/mol. The van der Waals surface area contributed by atoms with Crippen molar-refractivity contribution in [3.05, 3.63) is 0 Å². The molecule has 0 saturated carbocycles. The summed E-state index contributed by atoms with van der Waals surface area (Å²) in [5.41, 5.74) is 0. The first kappa shape index (κ1) is 14.4. The first-order chi connectivity index (χ1) is 4.81. The van der Waals surface area contributed by atoms with Crippen LogP contribution in [0, 0.1) is 0 Å². The lowest BCUT2D eigenvalue weighted by Gasteiger charge is -2.26. The average Bonchev–Trinajstić information content (AvgIpc) is 1.53. The van der Waals surface area contributed by atoms with E-state index in [0.29, 0.717) is 11.0 Å². The average molecular weight is 242 g/mol. The van der Waals surface area contributed by atoms with E-state index in [-0.39, 0.29) is 23.4 Å². The number of carboxylic acids is 1. The number of aliphatic hydroxyl groups is 1. The number of carbonyl (C=O) groups is 1. The van der Waals surface area contributed by atoms with E-state index in [9.17, 15) is 9.90 Å². The Kier molecular flexibility index (Phi) is 6.60. The Bertz CT molecular complexity index is 144. The number of hydrogen-bond donors (Lipinski definition) is 1. The molecule has 0 aliphatic rings. The van der Waals surface area contributed by atoms with Crippen LogP contribution in [0.2, 0.25) is 0 Å². The molecule has 0 aromatic heterocycles. The van der Waals surface area contributed by atoms with Crippen LogP contribution in [-0.4, -0.2) is 49.4 Å². The zero-order valence-electron chi connectivity index (χ0n) is 7.61. The second-order valence-electron chi connectivity index (χ2n) is 3.70. The van der Waals surface area contributed by atoms with Crippen molar-refractivity contribution in [2.75, 3.05) is 27.7 Å². The van der Waals surface area contributed by atoms with E-state index in [2.05, 4.69) is 0 Å². The molecule has 0 aliphatic heterocycles. The van der Waals surface area contributed by atoms with E-state index in [0.717, 1.165) is 0 Å². The number of hydrogen-bond acceptors (Lipinski definition) is 3. The van der Waals surface area contributed by atoms with Crippen LogP contribution in [0.25, 0.3) is 0 Å². The van der Waals surface area contributed by atoms with Gasteiger partial charge in [0.1, 0.15) is 12.6 Å². The molecule has 1 atom stereocenters. The van der Waals surface area contributed by atoms with Gasteiger partial charge >= 0.3 is 0 Å². The zero-order valence-corrected chi connectivity index (χ0v) is 9.32. The summed E-state index contributed by atoms with van der Waals surface area (Å²) < 4.78 is 0.550. The number of carboxylic acid groups (broad SMARTS) is 1. The van der Waals surface area contributed by atoms with Crippen LogP contribution in [0.1, 0.15) is 6.42 Å². The van der Waals surface area contributed by atoms with Gasteiger partial charge in [0, 0.05) is 12.4 Å². The molecule has 4 nitrogen and oxygen atoms in total. The van der Waals surface area contributed by atoms with Crippen LogP contribution >= 0.6 is 17.0 Å². The molecule has 0 aromatic rings. The van der Waals surface area contributed by atoms with Gasteiger partial charge in [0.2, 0.25) is 0 Å². The van der Waals surface area contributed by atoms with E-state index in [1.807, 2.05) is 21.1 Å². The minimum Gasteiger partial charge on any atom is -0.550 e. The van der Waals surface area contributed by atoms with Crippen LogP contribution in [-0.2, 0) is 4.79 Å². The molecule has 5 heteroatoms. The van der Waals surface area contributed by atoms with Crippen LogP contribution in [0.15, 0.2) is 0 Å². The first-order valence-corrected chi connectivity index (χ1v) is 3.49. The molecule has 12 heavy (non-hydrogen) atoms. The third-order valence-corrected chi connectivity index (χ3v) is 1.16. The van der Waals surface area contributed by atoms with E-state index < -0.39 is 12.1 Å². The highest BCUT2D eigenvalue weighted by molar-refractivity contribution is 8.93. The summed E-state index contributed by atoms with van der Waals surface area (Å²) in [4.78, 5) is 10.0. The van der Waals surface area contributed by atoms with E-state index >= 15 is 0 Å². The lowest BCUT2D eigenvalue weighted by atomic mass is 10.2. The van der Waals surface area contributed by atoms with Crippen molar-refractivity contribution < 1.29 is 19.5 Å². The summed E-state index contributed by atoms with van der Waals surface area (Å²) in [6.07, 6.45) is -1.09. The van der Waals surface area contributed by atoms with Gasteiger partial charge < -0.3 is 19.5 Å². The number of aliphatic hydroxyl groups excluding tert-OH is 1. The minimum atomic E-state index is -1.20. The molecule has 1 N–H and O–H groups in total. The molecule has 0 spiro atoms. The second kappa shape index (κ2) is 5.50. The molecule has 0 aliphatic carbocycles. The molecule has 0 fully saturated rings. The maximum Gasteiger partial charge on any atom is 0.108 e. The van der Waals surface area contributed by atoms with Gasteiger partial charge in [-0.3, -0.25) is 0 Å². The highest BCUT2D eigenvalue weighted by Gasteiger charge is 2.14. The topological polar surface area (TPSA) is 60.4 Å². The van der Waals surface area contributed by atoms with E-state index in [1.54, 1.807) is 0 Å². The Balaban J connectivity index is 0. The number of halogens is 1. The van der Waals surface area contributed by atoms with Gasteiger partial charge in [-0.25, -0.2) is 0 Å². The van der Waals surface area contributed by atoms with Gasteiger partial charge in [-0.05, 0) is 0 Å². The quantitative estimate of drug-likeness (QED) is 0.628. The molecule has 0 radical (unpaired) electrons. The lowest BCUT2D eigenvalue weighted by Crippen LogP contribution is -2.43. The van der Waals surface area contributed by atoms with Crippen molar-refractivity contribution >= 4 is 23.0 Å². The SMILES string of the molecule is Br.C[N+](C)(C)C[C@H](O)CC(=O)[O-]. The van der Waals surface area contributed by atoms with E-state index in [4.69, 9.17) is 5.11 Å². The van der Waals surface area contributed by atoms with Gasteiger partial charge in [0.25, 0.3) is 0 Å². The van der Waals surface area contributed by atoms with Gasteiger partial charge in [-0.2, -0.15) is 0 Å². The fourth-order valence-electron chi connectivity index (χ4n) is 0.889. The molecule has 0 amide bonds. The minimum absolute atomic E-state index is 0. The predicted octanol–water partition coefficient (Wildman–Crippen LogP) is -1.23. The van der Waals surface area contributed by atoms with Gasteiger partial charge in [0.15, 0.2) is 0 Å². The lowest BCUT2D eigenvalue weighted by molar-refractivity contribution is -0.873. The maximum absolute atomic E-state index is 10.0. The van der Waals surface area contributed by atoms with E-state index in [1.165, 1.54) is 0 Å². The van der Waals surface area contributed by atoms with Crippen molar-refractivity contribution in [3.8, 4) is 0 Å². The summed E-state index contributed by atoms with van der Waals surface area (Å²) >= 11 is 0. The summed E-state index contributed by atoms with van der Waals surface area (Å²) in [6.45, 7) is 0.425. The van der Waals surface area contributed by atoms with Crippen molar-refractivity contribution in [1.82, 2.24) is 0 Å². The number of likely N-dealkylation sites (N-methyl/N-ethyl adjacent to an activating group) is 1. The molecule has 0 saturated heterocycles. The molecular formula is C7H16BrNO3. The highest BCUT2D eigenvalue weighted by Crippen LogP contribution is 1.97. The molecule has 0 unspecified atom stereocenters. The fraction of sp³-hybridized carbons (Fsp3) is 0.857. The van der Waals surface area contributed by atoms with Crippen LogP contribution in [0.5, 0.6) is 0 Å². The zero-order chi connectivity index (χ0) is 9.07. The van der Waals surface area contributed by atoms with Crippen LogP contribution in [0.3, 0.4) is 0 Å². The van der Waals surface area contributed by atoms with Crippen LogP contribution < -0.4 is 5.11 Å².